The minimum absolute atomic E-state index is 0.0944. The van der Waals surface area contributed by atoms with E-state index in [1.807, 2.05) is 6.07 Å². The Kier molecular flexibility index (Phi) is 5.57. The van der Waals surface area contributed by atoms with Crippen molar-refractivity contribution in [2.75, 3.05) is 13.2 Å². The fraction of sp³-hybridized carbons (Fsp3) is 0.533. The van der Waals surface area contributed by atoms with Gasteiger partial charge in [-0.15, -0.1) is 11.8 Å². The van der Waals surface area contributed by atoms with Crippen LogP contribution >= 0.6 is 11.8 Å². The normalized spacial score (nSPS) is 21.2. The van der Waals surface area contributed by atoms with Crippen LogP contribution in [0.3, 0.4) is 0 Å². The van der Waals surface area contributed by atoms with Crippen molar-refractivity contribution < 1.29 is 4.74 Å². The average Bonchev–Trinajstić information content (AvgIpc) is 2.45. The first kappa shape index (κ1) is 13.5. The van der Waals surface area contributed by atoms with Crippen molar-refractivity contribution >= 4 is 11.8 Å². The Morgan fingerprint density at radius 2 is 2.22 bits per heavy atom. The number of ether oxygens (including phenoxy) is 1. The van der Waals surface area contributed by atoms with E-state index in [9.17, 15) is 5.26 Å². The summed E-state index contributed by atoms with van der Waals surface area (Å²) in [5.41, 5.74) is 1.32. The van der Waals surface area contributed by atoms with Crippen LogP contribution in [0.1, 0.15) is 24.8 Å². The molecule has 96 valence electrons. The maximum atomic E-state index is 9.22. The van der Waals surface area contributed by atoms with Crippen molar-refractivity contribution in [3.63, 3.8) is 0 Å². The van der Waals surface area contributed by atoms with E-state index < -0.39 is 0 Å². The van der Waals surface area contributed by atoms with E-state index in [1.165, 1.54) is 12.0 Å². The van der Waals surface area contributed by atoms with E-state index >= 15 is 0 Å². The van der Waals surface area contributed by atoms with Gasteiger partial charge in [-0.2, -0.15) is 5.26 Å². The van der Waals surface area contributed by atoms with Crippen molar-refractivity contribution in [1.82, 2.24) is 0 Å². The standard InChI is InChI=1S/C15H19NOS/c16-11-14(18-15-7-4-10-17-12-15)9-8-13-5-2-1-3-6-13/h1-3,5-6,14-15H,4,7-10,12H2. The number of hydrogen-bond acceptors (Lipinski definition) is 3. The minimum Gasteiger partial charge on any atom is -0.380 e. The van der Waals surface area contributed by atoms with Gasteiger partial charge in [0.15, 0.2) is 0 Å². The molecule has 0 spiro atoms. The van der Waals surface area contributed by atoms with E-state index in [2.05, 4.69) is 30.3 Å². The van der Waals surface area contributed by atoms with Crippen LogP contribution in [0.25, 0.3) is 0 Å². The Balaban J connectivity index is 1.77. The average molecular weight is 261 g/mol. The van der Waals surface area contributed by atoms with E-state index in [0.29, 0.717) is 5.25 Å². The predicted molar refractivity (Wildman–Crippen MR) is 75.6 cm³/mol. The summed E-state index contributed by atoms with van der Waals surface area (Å²) in [6, 6.07) is 12.8. The van der Waals surface area contributed by atoms with E-state index in [0.717, 1.165) is 32.5 Å². The molecule has 1 fully saturated rings. The number of aryl methyl sites for hydroxylation is 1. The number of nitrogens with zero attached hydrogens (tertiary/aromatic N) is 1. The van der Waals surface area contributed by atoms with Gasteiger partial charge in [-0.1, -0.05) is 30.3 Å². The summed E-state index contributed by atoms with van der Waals surface area (Å²) >= 11 is 1.80. The second-order valence-electron chi connectivity index (χ2n) is 4.62. The summed E-state index contributed by atoms with van der Waals surface area (Å²) in [4.78, 5) is 0. The molecule has 0 radical (unpaired) electrons. The van der Waals surface area contributed by atoms with Gasteiger partial charge < -0.3 is 4.74 Å². The Morgan fingerprint density at radius 1 is 1.39 bits per heavy atom. The van der Waals surface area contributed by atoms with Gasteiger partial charge >= 0.3 is 0 Å². The number of thioether (sulfide) groups is 1. The molecule has 0 N–H and O–H groups in total. The molecule has 1 aliphatic heterocycles. The van der Waals surface area contributed by atoms with Gasteiger partial charge in [-0.05, 0) is 31.2 Å². The molecule has 0 amide bonds. The first-order chi connectivity index (χ1) is 8.88. The molecule has 2 rings (SSSR count). The first-order valence-corrected chi connectivity index (χ1v) is 7.49. The highest BCUT2D eigenvalue weighted by Crippen LogP contribution is 2.27. The predicted octanol–water partition coefficient (Wildman–Crippen LogP) is 3.42. The lowest BCUT2D eigenvalue weighted by Crippen LogP contribution is -2.22. The van der Waals surface area contributed by atoms with Gasteiger partial charge in [0.1, 0.15) is 0 Å². The summed E-state index contributed by atoms with van der Waals surface area (Å²) in [7, 11) is 0. The first-order valence-electron chi connectivity index (χ1n) is 6.55. The van der Waals surface area contributed by atoms with Crippen LogP contribution in [0.4, 0.5) is 0 Å². The zero-order chi connectivity index (χ0) is 12.6. The van der Waals surface area contributed by atoms with Crippen LogP contribution in [0, 0.1) is 11.3 Å². The van der Waals surface area contributed by atoms with Crippen molar-refractivity contribution in [3.8, 4) is 6.07 Å². The van der Waals surface area contributed by atoms with Gasteiger partial charge in [-0.25, -0.2) is 0 Å². The summed E-state index contributed by atoms with van der Waals surface area (Å²) in [5.74, 6) is 0. The third-order valence-electron chi connectivity index (χ3n) is 3.16. The summed E-state index contributed by atoms with van der Waals surface area (Å²) < 4.78 is 5.46. The number of nitriles is 1. The fourth-order valence-corrected chi connectivity index (χ4v) is 3.41. The highest BCUT2D eigenvalue weighted by molar-refractivity contribution is 8.00. The maximum Gasteiger partial charge on any atom is 0.0923 e. The number of benzene rings is 1. The third kappa shape index (κ3) is 4.36. The largest absolute Gasteiger partial charge is 0.380 e. The van der Waals surface area contributed by atoms with Crippen LogP contribution < -0.4 is 0 Å². The molecule has 1 aromatic carbocycles. The van der Waals surface area contributed by atoms with Crippen LogP contribution in [0.2, 0.25) is 0 Å². The van der Waals surface area contributed by atoms with Crippen LogP contribution in [0.5, 0.6) is 0 Å². The second-order valence-corrected chi connectivity index (χ2v) is 6.13. The van der Waals surface area contributed by atoms with Crippen molar-refractivity contribution in [2.45, 2.75) is 36.2 Å². The van der Waals surface area contributed by atoms with E-state index in [1.54, 1.807) is 11.8 Å². The van der Waals surface area contributed by atoms with Crippen molar-refractivity contribution in [2.24, 2.45) is 0 Å². The minimum atomic E-state index is 0.0944. The lowest BCUT2D eigenvalue weighted by atomic mass is 10.1. The maximum absolute atomic E-state index is 9.22. The Bertz CT molecular complexity index is 381. The molecule has 0 bridgehead atoms. The highest BCUT2D eigenvalue weighted by atomic mass is 32.2. The van der Waals surface area contributed by atoms with Gasteiger partial charge in [0, 0.05) is 11.9 Å². The quantitative estimate of drug-likeness (QED) is 0.814. The fourth-order valence-electron chi connectivity index (χ4n) is 2.16. The SMILES string of the molecule is N#CC(CCc1ccccc1)SC1CCCOC1. The van der Waals surface area contributed by atoms with Crippen LogP contribution in [-0.2, 0) is 11.2 Å². The Labute approximate surface area is 113 Å². The third-order valence-corrected chi connectivity index (χ3v) is 4.58. The van der Waals surface area contributed by atoms with Gasteiger partial charge in [0.25, 0.3) is 0 Å². The second kappa shape index (κ2) is 7.45. The molecule has 0 saturated carbocycles. The zero-order valence-electron chi connectivity index (χ0n) is 10.5. The van der Waals surface area contributed by atoms with Gasteiger partial charge in [0.2, 0.25) is 0 Å². The molecule has 2 atom stereocenters. The summed E-state index contributed by atoms with van der Waals surface area (Å²) in [5, 5.41) is 9.83. The molecular formula is C15H19NOS. The Hall–Kier alpha value is -0.980. The topological polar surface area (TPSA) is 33.0 Å². The lowest BCUT2D eigenvalue weighted by molar-refractivity contribution is 0.101. The van der Waals surface area contributed by atoms with Crippen LogP contribution in [0.15, 0.2) is 30.3 Å². The van der Waals surface area contributed by atoms with Crippen LogP contribution in [-0.4, -0.2) is 23.7 Å². The molecule has 18 heavy (non-hydrogen) atoms. The highest BCUT2D eigenvalue weighted by Gasteiger charge is 2.19. The lowest BCUT2D eigenvalue weighted by Gasteiger charge is -2.23. The summed E-state index contributed by atoms with van der Waals surface area (Å²) in [6.45, 7) is 1.70. The molecule has 1 saturated heterocycles. The molecule has 1 aliphatic rings. The molecule has 0 aliphatic carbocycles. The monoisotopic (exact) mass is 261 g/mol. The van der Waals surface area contributed by atoms with Gasteiger partial charge in [-0.3, -0.25) is 0 Å². The molecule has 2 unspecified atom stereocenters. The molecular weight excluding hydrogens is 242 g/mol. The van der Waals surface area contributed by atoms with E-state index in [4.69, 9.17) is 4.74 Å². The zero-order valence-corrected chi connectivity index (χ0v) is 11.4. The van der Waals surface area contributed by atoms with Crippen molar-refractivity contribution in [3.05, 3.63) is 35.9 Å². The summed E-state index contributed by atoms with van der Waals surface area (Å²) in [6.07, 6.45) is 4.24. The molecule has 3 heteroatoms. The molecule has 0 aromatic heterocycles. The molecule has 2 nitrogen and oxygen atoms in total. The Morgan fingerprint density at radius 3 is 2.89 bits per heavy atom. The van der Waals surface area contributed by atoms with E-state index in [-0.39, 0.29) is 5.25 Å². The van der Waals surface area contributed by atoms with Gasteiger partial charge in [0.05, 0.1) is 17.9 Å². The smallest absolute Gasteiger partial charge is 0.0923 e. The van der Waals surface area contributed by atoms with Crippen molar-refractivity contribution in [1.29, 1.82) is 5.26 Å². The molecule has 1 aromatic rings. The molecule has 1 heterocycles. The number of hydrogen-bond donors (Lipinski definition) is 0. The number of rotatable bonds is 5.